The number of nitrogens with one attached hydrogen (secondary N) is 1. The Kier molecular flexibility index (Phi) is 5.64. The van der Waals surface area contributed by atoms with E-state index < -0.39 is 0 Å². The van der Waals surface area contributed by atoms with E-state index in [2.05, 4.69) is 10.3 Å². The Morgan fingerprint density at radius 3 is 2.77 bits per heavy atom. The molecule has 0 unspecified atom stereocenters. The Hall–Kier alpha value is -2.72. The number of hydrogen-bond acceptors (Lipinski definition) is 6. The van der Waals surface area contributed by atoms with Crippen LogP contribution in [0, 0.1) is 0 Å². The van der Waals surface area contributed by atoms with Crippen molar-refractivity contribution in [2.75, 3.05) is 12.4 Å². The van der Waals surface area contributed by atoms with Crippen LogP contribution in [-0.4, -0.2) is 22.6 Å². The average Bonchev–Trinajstić information content (AvgIpc) is 2.65. The topological polar surface area (TPSA) is 116 Å². The van der Waals surface area contributed by atoms with Crippen LogP contribution in [-0.2, 0) is 16.2 Å². The summed E-state index contributed by atoms with van der Waals surface area (Å²) in [6, 6.07) is 12.3. The fraction of sp³-hybridized carbons (Fsp3) is 0.118. The van der Waals surface area contributed by atoms with E-state index in [1.54, 1.807) is 55.1 Å². The molecule has 8 nitrogen and oxygen atoms in total. The summed E-state index contributed by atoms with van der Waals surface area (Å²) < 4.78 is 1.28. The summed E-state index contributed by atoms with van der Waals surface area (Å²) in [6.45, 7) is -0.124. The van der Waals surface area contributed by atoms with Crippen molar-refractivity contribution in [1.29, 1.82) is 0 Å². The second kappa shape index (κ2) is 8.11. The molecule has 1 aromatic heterocycles. The number of aromatic nitrogens is 2. The summed E-state index contributed by atoms with van der Waals surface area (Å²) in [4.78, 5) is 34.9. The minimum atomic E-state index is -0.314. The second-order valence-corrected chi connectivity index (χ2v) is 6.21. The molecule has 2 aromatic carbocycles. The number of nitrogens with zero attached hydrogens (tertiary/aromatic N) is 2. The molecule has 9 heteroatoms. The largest absolute Gasteiger partial charge is 0.325 e. The summed E-state index contributed by atoms with van der Waals surface area (Å²) >= 11 is 1.13. The third-order valence-corrected chi connectivity index (χ3v) is 4.24. The second-order valence-electron chi connectivity index (χ2n) is 5.50. The van der Waals surface area contributed by atoms with Crippen LogP contribution < -0.4 is 21.5 Å². The predicted molar refractivity (Wildman–Crippen MR) is 99.7 cm³/mol. The lowest BCUT2D eigenvalue weighted by molar-refractivity contribution is -0.830. The molecule has 0 radical (unpaired) electrons. The third kappa shape index (κ3) is 4.09. The van der Waals surface area contributed by atoms with Crippen LogP contribution in [0.15, 0.2) is 58.5 Å². The molecule has 0 saturated heterocycles. The van der Waals surface area contributed by atoms with Gasteiger partial charge in [0.05, 0.1) is 24.3 Å². The standard InChI is InChI=1S/C17H17N5O3S/c1-25-21-12-4-7-14-15(8-12)19-10-22(17(14)24)9-16(23)20-11-2-5-13(26-18)6-3-11/h2-8,10,21H,9,18H2,1H3,(H,20,23)/p+1. The van der Waals surface area contributed by atoms with Gasteiger partial charge in [-0.05, 0) is 42.3 Å². The maximum absolute atomic E-state index is 12.6. The molecule has 0 saturated carbocycles. The van der Waals surface area contributed by atoms with Gasteiger partial charge in [-0.3, -0.25) is 19.3 Å². The Bertz CT molecular complexity index is 988. The van der Waals surface area contributed by atoms with Gasteiger partial charge in [0, 0.05) is 22.7 Å². The SMILES string of the molecule is CO[NH2+]c1ccc2c(=O)n(CC(=O)Nc3ccc(SN)cc3)cnc2c1. The lowest BCUT2D eigenvalue weighted by Crippen LogP contribution is -2.75. The number of fused-ring (bicyclic) bond motifs is 1. The smallest absolute Gasteiger partial charge is 0.261 e. The summed E-state index contributed by atoms with van der Waals surface area (Å²) in [5.41, 5.74) is 3.28. The molecule has 134 valence electrons. The molecule has 0 aliphatic carbocycles. The normalized spacial score (nSPS) is 10.8. The van der Waals surface area contributed by atoms with E-state index in [9.17, 15) is 9.59 Å². The minimum Gasteiger partial charge on any atom is -0.325 e. The number of quaternary nitrogens is 1. The van der Waals surface area contributed by atoms with Gasteiger partial charge in [-0.1, -0.05) is 0 Å². The zero-order valence-corrected chi connectivity index (χ0v) is 14.8. The monoisotopic (exact) mass is 372 g/mol. The van der Waals surface area contributed by atoms with Gasteiger partial charge in [0.15, 0.2) is 5.69 Å². The highest BCUT2D eigenvalue weighted by Crippen LogP contribution is 2.15. The van der Waals surface area contributed by atoms with Gasteiger partial charge in [-0.15, -0.1) is 0 Å². The Morgan fingerprint density at radius 1 is 1.31 bits per heavy atom. The molecule has 0 aliphatic heterocycles. The van der Waals surface area contributed by atoms with Gasteiger partial charge in [-0.2, -0.15) is 5.48 Å². The first-order valence-corrected chi connectivity index (χ1v) is 8.60. The van der Waals surface area contributed by atoms with Crippen LogP contribution in [0.2, 0.25) is 0 Å². The highest BCUT2D eigenvalue weighted by Gasteiger charge is 2.10. The fourth-order valence-electron chi connectivity index (χ4n) is 2.47. The lowest BCUT2D eigenvalue weighted by Gasteiger charge is -2.08. The molecular formula is C17H18N5O3S+. The predicted octanol–water partition coefficient (Wildman–Crippen LogP) is 0.757. The van der Waals surface area contributed by atoms with Gasteiger partial charge < -0.3 is 5.32 Å². The Balaban J connectivity index is 1.77. The van der Waals surface area contributed by atoms with E-state index in [4.69, 9.17) is 9.98 Å². The number of hydrogen-bond donors (Lipinski definition) is 3. The van der Waals surface area contributed by atoms with Crippen LogP contribution in [0.3, 0.4) is 0 Å². The fourth-order valence-corrected chi connectivity index (χ4v) is 2.76. The van der Waals surface area contributed by atoms with Crippen LogP contribution >= 0.6 is 11.9 Å². The van der Waals surface area contributed by atoms with E-state index >= 15 is 0 Å². The van der Waals surface area contributed by atoms with E-state index in [1.165, 1.54) is 10.9 Å². The summed E-state index contributed by atoms with van der Waals surface area (Å²) in [6.07, 6.45) is 1.37. The molecule has 5 N–H and O–H groups in total. The number of nitrogens with two attached hydrogens (primary N) is 2. The third-order valence-electron chi connectivity index (χ3n) is 3.69. The van der Waals surface area contributed by atoms with Crippen LogP contribution in [0.5, 0.6) is 0 Å². The summed E-state index contributed by atoms with van der Waals surface area (Å²) in [7, 11) is 1.55. The van der Waals surface area contributed by atoms with Gasteiger partial charge in [0.1, 0.15) is 6.54 Å². The number of carbonyl (C=O) groups excluding carboxylic acids is 1. The first-order chi connectivity index (χ1) is 12.6. The molecule has 26 heavy (non-hydrogen) atoms. The number of anilines is 1. The van der Waals surface area contributed by atoms with Crippen molar-refractivity contribution in [3.05, 3.63) is 59.1 Å². The average molecular weight is 372 g/mol. The maximum atomic E-state index is 12.6. The van der Waals surface area contributed by atoms with E-state index in [0.29, 0.717) is 16.6 Å². The van der Waals surface area contributed by atoms with Crippen LogP contribution in [0.1, 0.15) is 0 Å². The molecule has 3 aromatic rings. The van der Waals surface area contributed by atoms with Gasteiger partial charge in [0.25, 0.3) is 5.56 Å². The number of carbonyl (C=O) groups is 1. The first kappa shape index (κ1) is 18.1. The first-order valence-electron chi connectivity index (χ1n) is 7.72. The molecule has 1 amide bonds. The van der Waals surface area contributed by atoms with E-state index in [0.717, 1.165) is 22.5 Å². The highest BCUT2D eigenvalue weighted by atomic mass is 32.2. The van der Waals surface area contributed by atoms with Crippen molar-refractivity contribution in [1.82, 2.24) is 9.55 Å². The van der Waals surface area contributed by atoms with Crippen LogP contribution in [0.4, 0.5) is 11.4 Å². The molecule has 0 spiro atoms. The molecule has 0 atom stereocenters. The minimum absolute atomic E-state index is 0.124. The maximum Gasteiger partial charge on any atom is 0.261 e. The van der Waals surface area contributed by atoms with Crippen molar-refractivity contribution >= 4 is 40.1 Å². The van der Waals surface area contributed by atoms with E-state index in [-0.39, 0.29) is 18.0 Å². The quantitative estimate of drug-likeness (QED) is 0.334. The highest BCUT2D eigenvalue weighted by molar-refractivity contribution is 7.97. The molecular weight excluding hydrogens is 354 g/mol. The number of benzene rings is 2. The van der Waals surface area contributed by atoms with Crippen molar-refractivity contribution < 1.29 is 15.1 Å². The van der Waals surface area contributed by atoms with Gasteiger partial charge in [-0.25, -0.2) is 9.82 Å². The molecule has 1 heterocycles. The molecule has 3 rings (SSSR count). The van der Waals surface area contributed by atoms with Gasteiger partial charge in [0.2, 0.25) is 5.91 Å². The van der Waals surface area contributed by atoms with Crippen molar-refractivity contribution in [2.45, 2.75) is 11.4 Å². The van der Waals surface area contributed by atoms with E-state index in [1.807, 2.05) is 0 Å². The zero-order chi connectivity index (χ0) is 18.5. The zero-order valence-electron chi connectivity index (χ0n) is 14.0. The Labute approximate surface area is 153 Å². The number of rotatable bonds is 6. The number of amides is 1. The van der Waals surface area contributed by atoms with Gasteiger partial charge >= 0.3 is 0 Å². The van der Waals surface area contributed by atoms with Crippen LogP contribution in [0.25, 0.3) is 10.9 Å². The molecule has 0 bridgehead atoms. The molecule has 0 aliphatic rings. The van der Waals surface area contributed by atoms with Crippen molar-refractivity contribution in [3.63, 3.8) is 0 Å². The lowest BCUT2D eigenvalue weighted by atomic mass is 10.2. The molecule has 0 fully saturated rings. The van der Waals surface area contributed by atoms with Crippen molar-refractivity contribution in [2.24, 2.45) is 5.14 Å². The van der Waals surface area contributed by atoms with Crippen molar-refractivity contribution in [3.8, 4) is 0 Å². The summed E-state index contributed by atoms with van der Waals surface area (Å²) in [5.74, 6) is -0.314. The Morgan fingerprint density at radius 2 is 2.08 bits per heavy atom. The summed E-state index contributed by atoms with van der Waals surface area (Å²) in [5, 5.41) is 8.65.